The number of hydrogen-bond acceptors (Lipinski definition) is 5. The van der Waals surface area contributed by atoms with Gasteiger partial charge < -0.3 is 14.6 Å². The minimum atomic E-state index is -3.50. The van der Waals surface area contributed by atoms with Crippen LogP contribution in [0.25, 0.3) is 0 Å². The van der Waals surface area contributed by atoms with Crippen molar-refractivity contribution in [2.45, 2.75) is 25.3 Å². The first kappa shape index (κ1) is 21.6. The Hall–Kier alpha value is -2.65. The van der Waals surface area contributed by atoms with Crippen molar-refractivity contribution in [3.63, 3.8) is 0 Å². The highest BCUT2D eigenvalue weighted by atomic mass is 32.2. The number of nitrogens with one attached hydrogen (secondary N) is 1. The molecule has 0 aliphatic heterocycles. The maximum atomic E-state index is 12.5. The number of carbonyl (C=O) groups is 2. The van der Waals surface area contributed by atoms with Crippen LogP contribution in [0.3, 0.4) is 0 Å². The summed E-state index contributed by atoms with van der Waals surface area (Å²) >= 11 is 0. The van der Waals surface area contributed by atoms with Gasteiger partial charge in [0.15, 0.2) is 5.76 Å². The van der Waals surface area contributed by atoms with E-state index in [4.69, 9.17) is 4.42 Å². The summed E-state index contributed by atoms with van der Waals surface area (Å²) in [6.07, 6.45) is 1.39. The van der Waals surface area contributed by atoms with E-state index in [0.717, 1.165) is 5.56 Å². The molecular weight excluding hydrogens is 382 g/mol. The van der Waals surface area contributed by atoms with Crippen LogP contribution in [-0.4, -0.2) is 56.1 Å². The van der Waals surface area contributed by atoms with Crippen LogP contribution in [0.5, 0.6) is 0 Å². The molecule has 0 unspecified atom stereocenters. The van der Waals surface area contributed by atoms with Crippen molar-refractivity contribution in [2.24, 2.45) is 0 Å². The van der Waals surface area contributed by atoms with Crippen molar-refractivity contribution < 1.29 is 22.4 Å². The predicted octanol–water partition coefficient (Wildman–Crippen LogP) is 1.70. The lowest BCUT2D eigenvalue weighted by atomic mass is 10.2. The molecule has 0 saturated heterocycles. The molecule has 0 radical (unpaired) electrons. The van der Waals surface area contributed by atoms with Crippen molar-refractivity contribution >= 4 is 21.8 Å². The Morgan fingerprint density at radius 3 is 2.25 bits per heavy atom. The normalized spacial score (nSPS) is 11.4. The average Bonchev–Trinajstić information content (AvgIpc) is 3.21. The fourth-order valence-corrected chi connectivity index (χ4v) is 4.08. The zero-order valence-electron chi connectivity index (χ0n) is 16.2. The number of amides is 2. The second-order valence-electron chi connectivity index (χ2n) is 6.15. The molecule has 0 saturated carbocycles. The molecule has 9 heteroatoms. The lowest BCUT2D eigenvalue weighted by Gasteiger charge is -2.18. The van der Waals surface area contributed by atoms with E-state index < -0.39 is 10.0 Å². The molecule has 2 aromatic rings. The van der Waals surface area contributed by atoms with Crippen LogP contribution in [0.2, 0.25) is 0 Å². The summed E-state index contributed by atoms with van der Waals surface area (Å²) < 4.78 is 31.3. The minimum absolute atomic E-state index is 0.117. The fraction of sp³-hybridized carbons (Fsp3) is 0.368. The molecule has 0 fully saturated rings. The van der Waals surface area contributed by atoms with Gasteiger partial charge in [-0.25, -0.2) is 8.42 Å². The number of likely N-dealkylation sites (N-methyl/N-ethyl adjacent to an activating group) is 1. The van der Waals surface area contributed by atoms with E-state index in [1.165, 1.54) is 40.7 Å². The molecule has 1 N–H and O–H groups in total. The van der Waals surface area contributed by atoms with Crippen LogP contribution in [-0.2, 0) is 21.4 Å². The Morgan fingerprint density at radius 2 is 1.71 bits per heavy atom. The zero-order valence-corrected chi connectivity index (χ0v) is 17.0. The number of carbonyl (C=O) groups excluding carboxylic acids is 2. The Morgan fingerprint density at radius 1 is 1.07 bits per heavy atom. The third-order valence-electron chi connectivity index (χ3n) is 4.22. The lowest BCUT2D eigenvalue weighted by molar-refractivity contribution is -0.121. The van der Waals surface area contributed by atoms with E-state index in [2.05, 4.69) is 5.32 Å². The largest absolute Gasteiger partial charge is 0.459 e. The number of benzene rings is 1. The van der Waals surface area contributed by atoms with Crippen LogP contribution in [0.15, 0.2) is 52.0 Å². The average molecular weight is 407 g/mol. The molecule has 0 aliphatic carbocycles. The molecule has 1 aromatic heterocycles. The van der Waals surface area contributed by atoms with Crippen molar-refractivity contribution in [1.82, 2.24) is 14.5 Å². The predicted molar refractivity (Wildman–Crippen MR) is 104 cm³/mol. The van der Waals surface area contributed by atoms with Gasteiger partial charge in [-0.3, -0.25) is 9.59 Å². The van der Waals surface area contributed by atoms with E-state index in [1.54, 1.807) is 32.0 Å². The summed E-state index contributed by atoms with van der Waals surface area (Å²) in [7, 11) is -1.99. The first-order chi connectivity index (χ1) is 13.3. The van der Waals surface area contributed by atoms with E-state index in [-0.39, 0.29) is 35.6 Å². The maximum absolute atomic E-state index is 12.5. The molecule has 1 heterocycles. The van der Waals surface area contributed by atoms with Crippen LogP contribution in [0.1, 0.15) is 30.0 Å². The topological polar surface area (TPSA) is 99.9 Å². The van der Waals surface area contributed by atoms with Crippen molar-refractivity contribution in [3.8, 4) is 0 Å². The van der Waals surface area contributed by atoms with Crippen LogP contribution < -0.4 is 5.32 Å². The summed E-state index contributed by atoms with van der Waals surface area (Å²) in [4.78, 5) is 25.6. The van der Waals surface area contributed by atoms with Gasteiger partial charge in [-0.15, -0.1) is 0 Å². The molecule has 2 rings (SSSR count). The summed E-state index contributed by atoms with van der Waals surface area (Å²) in [6.45, 7) is 4.50. The molecule has 0 spiro atoms. The lowest BCUT2D eigenvalue weighted by Crippen LogP contribution is -2.38. The number of rotatable bonds is 9. The number of nitrogens with zero attached hydrogens (tertiary/aromatic N) is 2. The molecule has 1 aromatic carbocycles. The Labute approximate surface area is 165 Å². The van der Waals surface area contributed by atoms with Gasteiger partial charge in [0, 0.05) is 26.7 Å². The second-order valence-corrected chi connectivity index (χ2v) is 8.09. The fourth-order valence-electron chi connectivity index (χ4n) is 2.62. The molecule has 8 nitrogen and oxygen atoms in total. The van der Waals surface area contributed by atoms with Crippen molar-refractivity contribution in [3.05, 3.63) is 54.0 Å². The highest BCUT2D eigenvalue weighted by molar-refractivity contribution is 7.89. The summed E-state index contributed by atoms with van der Waals surface area (Å²) in [5, 5.41) is 2.71. The van der Waals surface area contributed by atoms with E-state index in [1.807, 2.05) is 0 Å². The maximum Gasteiger partial charge on any atom is 0.289 e. The van der Waals surface area contributed by atoms with Crippen molar-refractivity contribution in [1.29, 1.82) is 0 Å². The van der Waals surface area contributed by atoms with E-state index in [9.17, 15) is 18.0 Å². The first-order valence-electron chi connectivity index (χ1n) is 8.94. The molecule has 0 aliphatic rings. The Kier molecular flexibility index (Phi) is 7.36. The van der Waals surface area contributed by atoms with Gasteiger partial charge in [0.2, 0.25) is 15.9 Å². The number of hydrogen-bond donors (Lipinski definition) is 1. The molecular formula is C19H25N3O5S. The van der Waals surface area contributed by atoms with E-state index in [0.29, 0.717) is 13.1 Å². The zero-order chi connectivity index (χ0) is 20.7. The number of furan rings is 1. The van der Waals surface area contributed by atoms with Gasteiger partial charge in [0.05, 0.1) is 17.7 Å². The molecule has 28 heavy (non-hydrogen) atoms. The van der Waals surface area contributed by atoms with Crippen LogP contribution >= 0.6 is 0 Å². The van der Waals surface area contributed by atoms with Crippen LogP contribution in [0.4, 0.5) is 0 Å². The van der Waals surface area contributed by atoms with Gasteiger partial charge in [-0.2, -0.15) is 4.31 Å². The SMILES string of the molecule is CCN(CC)S(=O)(=O)c1ccc(CNC(=O)CN(C)C(=O)c2ccco2)cc1. The third-order valence-corrected chi connectivity index (χ3v) is 6.28. The molecule has 2 amide bonds. The molecule has 152 valence electrons. The highest BCUT2D eigenvalue weighted by Gasteiger charge is 2.21. The van der Waals surface area contributed by atoms with E-state index >= 15 is 0 Å². The summed E-state index contributed by atoms with van der Waals surface area (Å²) in [5.74, 6) is -0.548. The van der Waals surface area contributed by atoms with Crippen LogP contribution in [0, 0.1) is 0 Å². The molecule has 0 atom stereocenters. The van der Waals surface area contributed by atoms with Crippen molar-refractivity contribution in [2.75, 3.05) is 26.7 Å². The minimum Gasteiger partial charge on any atom is -0.459 e. The van der Waals surface area contributed by atoms with Gasteiger partial charge in [0.25, 0.3) is 5.91 Å². The summed E-state index contributed by atoms with van der Waals surface area (Å²) in [5.41, 5.74) is 0.756. The van der Waals surface area contributed by atoms with Gasteiger partial charge in [-0.1, -0.05) is 26.0 Å². The monoisotopic (exact) mass is 407 g/mol. The third kappa shape index (κ3) is 5.20. The van der Waals surface area contributed by atoms with Gasteiger partial charge in [0.1, 0.15) is 0 Å². The second kappa shape index (κ2) is 9.52. The van der Waals surface area contributed by atoms with Gasteiger partial charge in [-0.05, 0) is 29.8 Å². The molecule has 0 bridgehead atoms. The Bertz CT molecular complexity index is 888. The Balaban J connectivity index is 1.91. The smallest absolute Gasteiger partial charge is 0.289 e. The first-order valence-corrected chi connectivity index (χ1v) is 10.4. The standard InChI is InChI=1S/C19H25N3O5S/c1-4-22(5-2)28(25,26)16-10-8-15(9-11-16)13-20-18(23)14-21(3)19(24)17-7-6-12-27-17/h6-12H,4-5,13-14H2,1-3H3,(H,20,23). The number of sulfonamides is 1. The summed E-state index contributed by atoms with van der Waals surface area (Å²) in [6, 6.07) is 9.52. The van der Waals surface area contributed by atoms with Gasteiger partial charge >= 0.3 is 0 Å². The quantitative estimate of drug-likeness (QED) is 0.682. The highest BCUT2D eigenvalue weighted by Crippen LogP contribution is 2.16.